The van der Waals surface area contributed by atoms with Crippen molar-refractivity contribution >= 4 is 35.4 Å². The molecule has 0 aromatic heterocycles. The van der Waals surface area contributed by atoms with Gasteiger partial charge in [-0.3, -0.25) is 14.4 Å². The van der Waals surface area contributed by atoms with Crippen molar-refractivity contribution in [2.75, 3.05) is 44.9 Å². The van der Waals surface area contributed by atoms with Crippen LogP contribution in [0.2, 0.25) is 0 Å². The summed E-state index contributed by atoms with van der Waals surface area (Å²) in [5.41, 5.74) is 0.228. The highest BCUT2D eigenvalue weighted by Crippen LogP contribution is 2.36. The molecule has 0 saturated carbocycles. The molecule has 0 bridgehead atoms. The smallest absolute Gasteiger partial charge is 0.330 e. The molecule has 0 aliphatic carbocycles. The van der Waals surface area contributed by atoms with Crippen molar-refractivity contribution in [1.29, 1.82) is 0 Å². The number of esters is 1. The molecule has 12 nitrogen and oxygen atoms in total. The second-order valence-electron chi connectivity index (χ2n) is 9.59. The van der Waals surface area contributed by atoms with Gasteiger partial charge < -0.3 is 35.4 Å². The van der Waals surface area contributed by atoms with E-state index in [0.29, 0.717) is 52.0 Å². The van der Waals surface area contributed by atoms with Gasteiger partial charge in [0.2, 0.25) is 17.7 Å². The molecule has 3 aliphatic heterocycles. The molecule has 3 saturated heterocycles. The van der Waals surface area contributed by atoms with E-state index < -0.39 is 35.5 Å². The first-order chi connectivity index (χ1) is 17.8. The van der Waals surface area contributed by atoms with Crippen LogP contribution in [0.25, 0.3) is 0 Å². The van der Waals surface area contributed by atoms with Gasteiger partial charge in [-0.2, -0.15) is 0 Å². The van der Waals surface area contributed by atoms with Crippen LogP contribution in [0.1, 0.15) is 32.6 Å². The summed E-state index contributed by atoms with van der Waals surface area (Å²) >= 11 is 0. The van der Waals surface area contributed by atoms with Crippen LogP contribution in [-0.4, -0.2) is 97.1 Å². The van der Waals surface area contributed by atoms with E-state index >= 15 is 0 Å². The van der Waals surface area contributed by atoms with Crippen molar-refractivity contribution in [1.82, 2.24) is 25.8 Å². The second kappa shape index (κ2) is 11.1. The van der Waals surface area contributed by atoms with E-state index in [-0.39, 0.29) is 18.4 Å². The van der Waals surface area contributed by atoms with Gasteiger partial charge in [-0.05, 0) is 37.8 Å². The summed E-state index contributed by atoms with van der Waals surface area (Å²) in [6.45, 7) is 2.85. The van der Waals surface area contributed by atoms with Crippen molar-refractivity contribution in [3.8, 4) is 0 Å². The number of benzene rings is 1. The maximum absolute atomic E-state index is 12.9. The summed E-state index contributed by atoms with van der Waals surface area (Å²) < 4.78 is 4.81. The summed E-state index contributed by atoms with van der Waals surface area (Å²) in [7, 11) is 1.20. The number of hydrogen-bond donors (Lipinski definition) is 3. The summed E-state index contributed by atoms with van der Waals surface area (Å²) in [4.78, 5) is 67.8. The van der Waals surface area contributed by atoms with Crippen LogP contribution >= 0.6 is 0 Å². The van der Waals surface area contributed by atoms with Gasteiger partial charge in [-0.25, -0.2) is 9.59 Å². The lowest BCUT2D eigenvalue weighted by Crippen LogP contribution is -2.59. The first-order valence-electron chi connectivity index (χ1n) is 12.6. The Kier molecular flexibility index (Phi) is 7.84. The first kappa shape index (κ1) is 26.2. The second-order valence-corrected chi connectivity index (χ2v) is 9.59. The molecule has 5 amide bonds. The zero-order chi connectivity index (χ0) is 26.6. The Balaban J connectivity index is 1.34. The number of urea groups is 1. The summed E-state index contributed by atoms with van der Waals surface area (Å²) in [6, 6.07) is 7.56. The van der Waals surface area contributed by atoms with Gasteiger partial charge in [0.05, 0.1) is 20.3 Å². The molecule has 37 heavy (non-hydrogen) atoms. The Labute approximate surface area is 215 Å². The number of piperidine rings is 1. The molecule has 3 N–H and O–H groups in total. The average Bonchev–Trinajstić information content (AvgIpc) is 3.52. The van der Waals surface area contributed by atoms with Crippen LogP contribution in [0.5, 0.6) is 0 Å². The van der Waals surface area contributed by atoms with Gasteiger partial charge in [-0.15, -0.1) is 0 Å². The third-order valence-electron chi connectivity index (χ3n) is 7.50. The number of anilines is 1. The molecule has 0 radical (unpaired) electrons. The summed E-state index contributed by atoms with van der Waals surface area (Å²) in [6.07, 6.45) is 2.13. The molecular weight excluding hydrogens is 480 g/mol. The standard InChI is InChI=1S/C25H34N6O6/c1-17(32)30-12-6-9-20(30)21(33)28-19(22(34)37-2)15-26-24(36)29-13-10-25(11-14-29)23(35)27-16-31(25)18-7-4-3-5-8-18/h3-5,7-8,19-20H,6,9-16H2,1-2H3,(H,26,36)(H,27,35)(H,28,33)/t19?,20-/m0/s1. The fourth-order valence-electron chi connectivity index (χ4n) is 5.43. The number of methoxy groups -OCH3 is 1. The molecule has 1 aromatic rings. The van der Waals surface area contributed by atoms with Gasteiger partial charge in [0.15, 0.2) is 0 Å². The van der Waals surface area contributed by atoms with Gasteiger partial charge in [-0.1, -0.05) is 18.2 Å². The molecule has 3 heterocycles. The highest BCUT2D eigenvalue weighted by molar-refractivity contribution is 5.94. The lowest BCUT2D eigenvalue weighted by atomic mass is 9.85. The molecule has 12 heteroatoms. The zero-order valence-corrected chi connectivity index (χ0v) is 21.2. The minimum absolute atomic E-state index is 0.0450. The number of carbonyl (C=O) groups is 5. The number of para-hydroxylation sites is 1. The van der Waals surface area contributed by atoms with E-state index in [2.05, 4.69) is 20.9 Å². The minimum atomic E-state index is -1.10. The lowest BCUT2D eigenvalue weighted by molar-refractivity contribution is -0.146. The molecule has 3 fully saturated rings. The van der Waals surface area contributed by atoms with Crippen LogP contribution in [0, 0.1) is 0 Å². The molecule has 1 aromatic carbocycles. The molecule has 2 atom stereocenters. The Morgan fingerprint density at radius 1 is 1.14 bits per heavy atom. The number of amides is 5. The highest BCUT2D eigenvalue weighted by atomic mass is 16.5. The maximum atomic E-state index is 12.9. The number of ether oxygens (including phenoxy) is 1. The van der Waals surface area contributed by atoms with Crippen LogP contribution in [0.15, 0.2) is 30.3 Å². The fourth-order valence-corrected chi connectivity index (χ4v) is 5.43. The summed E-state index contributed by atoms with van der Waals surface area (Å²) in [5.74, 6) is -1.40. The van der Waals surface area contributed by atoms with Crippen molar-refractivity contribution < 1.29 is 28.7 Å². The average molecular weight is 515 g/mol. The van der Waals surface area contributed by atoms with Gasteiger partial charge in [0, 0.05) is 32.2 Å². The van der Waals surface area contributed by atoms with Crippen molar-refractivity contribution in [2.45, 2.75) is 50.2 Å². The number of carbonyl (C=O) groups excluding carboxylic acids is 5. The van der Waals surface area contributed by atoms with Crippen LogP contribution < -0.4 is 20.9 Å². The van der Waals surface area contributed by atoms with E-state index in [1.807, 2.05) is 30.3 Å². The van der Waals surface area contributed by atoms with Crippen molar-refractivity contribution in [3.63, 3.8) is 0 Å². The topological polar surface area (TPSA) is 140 Å². The molecular formula is C25H34N6O6. The largest absolute Gasteiger partial charge is 0.467 e. The molecule has 1 spiro atoms. The van der Waals surface area contributed by atoms with Crippen LogP contribution in [0.3, 0.4) is 0 Å². The van der Waals surface area contributed by atoms with E-state index in [1.54, 1.807) is 4.90 Å². The number of hydrogen-bond acceptors (Lipinski definition) is 7. The predicted octanol–water partition coefficient (Wildman–Crippen LogP) is -0.207. The van der Waals surface area contributed by atoms with Crippen LogP contribution in [0.4, 0.5) is 10.5 Å². The number of rotatable bonds is 6. The monoisotopic (exact) mass is 514 g/mol. The van der Waals surface area contributed by atoms with E-state index in [9.17, 15) is 24.0 Å². The molecule has 1 unspecified atom stereocenters. The maximum Gasteiger partial charge on any atom is 0.330 e. The van der Waals surface area contributed by atoms with Crippen LogP contribution in [-0.2, 0) is 23.9 Å². The molecule has 3 aliphatic rings. The Morgan fingerprint density at radius 3 is 2.49 bits per heavy atom. The predicted molar refractivity (Wildman–Crippen MR) is 133 cm³/mol. The number of nitrogens with one attached hydrogen (secondary N) is 3. The van der Waals surface area contributed by atoms with Gasteiger partial charge in [0.25, 0.3) is 0 Å². The fraction of sp³-hybridized carbons (Fsp3) is 0.560. The SMILES string of the molecule is COC(=O)C(CNC(=O)N1CCC2(CC1)C(=O)NCN2c1ccccc1)NC(=O)[C@@H]1CCCN1C(C)=O. The lowest BCUT2D eigenvalue weighted by Gasteiger charge is -2.43. The third-order valence-corrected chi connectivity index (χ3v) is 7.50. The Morgan fingerprint density at radius 2 is 1.84 bits per heavy atom. The van der Waals surface area contributed by atoms with E-state index in [1.165, 1.54) is 18.9 Å². The number of likely N-dealkylation sites (tertiary alicyclic amines) is 2. The normalized spacial score (nSPS) is 21.4. The van der Waals surface area contributed by atoms with Gasteiger partial charge >= 0.3 is 12.0 Å². The molecule has 200 valence electrons. The van der Waals surface area contributed by atoms with Gasteiger partial charge in [0.1, 0.15) is 17.6 Å². The highest BCUT2D eigenvalue weighted by Gasteiger charge is 2.50. The third kappa shape index (κ3) is 5.32. The van der Waals surface area contributed by atoms with Crippen molar-refractivity contribution in [3.05, 3.63) is 30.3 Å². The first-order valence-corrected chi connectivity index (χ1v) is 12.6. The minimum Gasteiger partial charge on any atom is -0.467 e. The quantitative estimate of drug-likeness (QED) is 0.447. The Bertz CT molecular complexity index is 1040. The Hall–Kier alpha value is -3.83. The summed E-state index contributed by atoms with van der Waals surface area (Å²) in [5, 5.41) is 8.26. The van der Waals surface area contributed by atoms with E-state index in [0.717, 1.165) is 5.69 Å². The van der Waals surface area contributed by atoms with Crippen molar-refractivity contribution in [2.24, 2.45) is 0 Å². The zero-order valence-electron chi connectivity index (χ0n) is 21.2. The number of nitrogens with zero attached hydrogens (tertiary/aromatic N) is 3. The molecule has 4 rings (SSSR count). The van der Waals surface area contributed by atoms with E-state index in [4.69, 9.17) is 4.74 Å².